The first-order chi connectivity index (χ1) is 9.06. The van der Waals surface area contributed by atoms with E-state index in [1.54, 1.807) is 18.2 Å². The second-order valence-corrected chi connectivity index (χ2v) is 4.61. The molecule has 0 aliphatic carbocycles. The smallest absolute Gasteiger partial charge is 0.300 e. The van der Waals surface area contributed by atoms with Crippen molar-refractivity contribution in [3.63, 3.8) is 0 Å². The van der Waals surface area contributed by atoms with Gasteiger partial charge in [0.1, 0.15) is 6.54 Å². The summed E-state index contributed by atoms with van der Waals surface area (Å²) in [6.45, 7) is 2.30. The fourth-order valence-electron chi connectivity index (χ4n) is 1.92. The zero-order chi connectivity index (χ0) is 14.0. The van der Waals surface area contributed by atoms with Crippen LogP contribution in [-0.4, -0.2) is 30.7 Å². The van der Waals surface area contributed by atoms with E-state index < -0.39 is 11.7 Å². The highest BCUT2D eigenvalue weighted by molar-refractivity contribution is 6.55. The van der Waals surface area contributed by atoms with E-state index in [0.29, 0.717) is 12.2 Å². The molecule has 0 radical (unpaired) electrons. The van der Waals surface area contributed by atoms with Gasteiger partial charge in [-0.2, -0.15) is 0 Å². The lowest BCUT2D eigenvalue weighted by molar-refractivity contribution is -0.122. The Hall–Kier alpha value is -1.88. The first kappa shape index (κ1) is 13.5. The number of nitrogens with one attached hydrogen (secondary N) is 1. The van der Waals surface area contributed by atoms with Gasteiger partial charge in [-0.15, -0.1) is 0 Å². The molecule has 1 aromatic rings. The highest BCUT2D eigenvalue weighted by Crippen LogP contribution is 2.33. The second kappa shape index (κ2) is 5.40. The zero-order valence-electron chi connectivity index (χ0n) is 10.4. The molecule has 0 unspecified atom stereocenters. The van der Waals surface area contributed by atoms with Crippen LogP contribution in [0, 0.1) is 0 Å². The number of carbonyl (C=O) groups is 3. The maximum absolute atomic E-state index is 11.9. The normalized spacial score (nSPS) is 13.7. The van der Waals surface area contributed by atoms with Crippen LogP contribution < -0.4 is 10.2 Å². The third-order valence-electron chi connectivity index (χ3n) is 2.82. The molecule has 5 nitrogen and oxygen atoms in total. The molecule has 1 aromatic carbocycles. The monoisotopic (exact) mass is 280 g/mol. The summed E-state index contributed by atoms with van der Waals surface area (Å²) < 4.78 is 0. The molecule has 0 bridgehead atoms. The van der Waals surface area contributed by atoms with Gasteiger partial charge >= 0.3 is 0 Å². The van der Waals surface area contributed by atoms with Crippen LogP contribution in [0.15, 0.2) is 18.2 Å². The van der Waals surface area contributed by atoms with E-state index in [1.807, 2.05) is 6.92 Å². The van der Waals surface area contributed by atoms with Crippen LogP contribution in [0.5, 0.6) is 0 Å². The molecule has 1 aliphatic heterocycles. The minimum absolute atomic E-state index is 0.169. The van der Waals surface area contributed by atoms with Crippen LogP contribution in [0.25, 0.3) is 0 Å². The summed E-state index contributed by atoms with van der Waals surface area (Å²) in [4.78, 5) is 36.5. The van der Waals surface area contributed by atoms with Gasteiger partial charge in [0.2, 0.25) is 5.91 Å². The van der Waals surface area contributed by atoms with Gasteiger partial charge in [-0.05, 0) is 18.6 Å². The van der Waals surface area contributed by atoms with Crippen LogP contribution in [0.1, 0.15) is 23.7 Å². The average Bonchev–Trinajstić information content (AvgIpc) is 2.63. The molecule has 1 aliphatic rings. The summed E-state index contributed by atoms with van der Waals surface area (Å²) in [6.07, 6.45) is 0.807. The van der Waals surface area contributed by atoms with Crippen LogP contribution in [0.4, 0.5) is 5.69 Å². The van der Waals surface area contributed by atoms with E-state index >= 15 is 0 Å². The molecule has 0 saturated carbocycles. The number of fused-ring (bicyclic) bond motifs is 1. The minimum atomic E-state index is -0.713. The number of halogens is 1. The molecule has 6 heteroatoms. The van der Waals surface area contributed by atoms with Crippen molar-refractivity contribution >= 4 is 34.9 Å². The first-order valence-corrected chi connectivity index (χ1v) is 6.35. The van der Waals surface area contributed by atoms with E-state index in [1.165, 1.54) is 0 Å². The maximum Gasteiger partial charge on any atom is 0.300 e. The summed E-state index contributed by atoms with van der Waals surface area (Å²) >= 11 is 5.92. The summed E-state index contributed by atoms with van der Waals surface area (Å²) in [5, 5.41) is 2.89. The van der Waals surface area contributed by atoms with Gasteiger partial charge in [0.05, 0.1) is 16.3 Å². The predicted octanol–water partition coefficient (Wildman–Crippen LogP) is 1.40. The van der Waals surface area contributed by atoms with Gasteiger partial charge in [0.25, 0.3) is 11.7 Å². The number of carbonyl (C=O) groups excluding carboxylic acids is 3. The van der Waals surface area contributed by atoms with Crippen LogP contribution in [0.3, 0.4) is 0 Å². The fourth-order valence-corrected chi connectivity index (χ4v) is 2.18. The van der Waals surface area contributed by atoms with Crippen molar-refractivity contribution in [1.29, 1.82) is 0 Å². The molecule has 100 valence electrons. The first-order valence-electron chi connectivity index (χ1n) is 5.97. The van der Waals surface area contributed by atoms with Crippen LogP contribution in [-0.2, 0) is 9.59 Å². The fraction of sp³-hybridized carbons (Fsp3) is 0.308. The molecule has 0 atom stereocenters. The lowest BCUT2D eigenvalue weighted by Crippen LogP contribution is -2.40. The molecule has 1 heterocycles. The Morgan fingerprint density at radius 3 is 2.79 bits per heavy atom. The highest BCUT2D eigenvalue weighted by atomic mass is 35.5. The quantitative estimate of drug-likeness (QED) is 0.848. The van der Waals surface area contributed by atoms with E-state index in [9.17, 15) is 14.4 Å². The van der Waals surface area contributed by atoms with Crippen LogP contribution in [0.2, 0.25) is 5.02 Å². The molecule has 0 aromatic heterocycles. The van der Waals surface area contributed by atoms with Crippen molar-refractivity contribution < 1.29 is 14.4 Å². The lowest BCUT2D eigenvalue weighted by Gasteiger charge is -2.15. The number of nitrogens with zero attached hydrogens (tertiary/aromatic N) is 1. The Bertz CT molecular complexity index is 557. The Labute approximate surface area is 115 Å². The number of ketones is 1. The second-order valence-electron chi connectivity index (χ2n) is 4.20. The van der Waals surface area contributed by atoms with Gasteiger partial charge in [0, 0.05) is 6.54 Å². The number of anilines is 1. The third kappa shape index (κ3) is 2.46. The van der Waals surface area contributed by atoms with Gasteiger partial charge in [-0.25, -0.2) is 0 Å². The summed E-state index contributed by atoms with van der Waals surface area (Å²) in [5.41, 5.74) is 0.576. The molecular weight excluding hydrogens is 268 g/mol. The summed E-state index contributed by atoms with van der Waals surface area (Å²) in [7, 11) is 0. The van der Waals surface area contributed by atoms with Crippen molar-refractivity contribution in [2.75, 3.05) is 18.0 Å². The standard InChI is InChI=1S/C13H13ClN2O3/c1-2-6-15-10(17)7-16-9-5-3-4-8(14)11(9)12(18)13(16)19/h3-5H,2,6-7H2,1H3,(H,15,17). The number of amides is 2. The third-order valence-corrected chi connectivity index (χ3v) is 3.14. The maximum atomic E-state index is 11.9. The number of hydrogen-bond acceptors (Lipinski definition) is 3. The molecule has 2 amide bonds. The molecule has 0 fully saturated rings. The number of rotatable bonds is 4. The Balaban J connectivity index is 2.24. The van der Waals surface area contributed by atoms with E-state index in [4.69, 9.17) is 11.6 Å². The van der Waals surface area contributed by atoms with Gasteiger partial charge in [-0.3, -0.25) is 19.3 Å². The van der Waals surface area contributed by atoms with Crippen molar-refractivity contribution in [1.82, 2.24) is 5.32 Å². The van der Waals surface area contributed by atoms with Gasteiger partial charge in [-0.1, -0.05) is 24.6 Å². The molecule has 2 rings (SSSR count). The highest BCUT2D eigenvalue weighted by Gasteiger charge is 2.38. The van der Waals surface area contributed by atoms with Crippen molar-refractivity contribution in [3.8, 4) is 0 Å². The molecule has 0 saturated heterocycles. The Morgan fingerprint density at radius 2 is 2.11 bits per heavy atom. The number of hydrogen-bond donors (Lipinski definition) is 1. The van der Waals surface area contributed by atoms with E-state index in [-0.39, 0.29) is 23.0 Å². The lowest BCUT2D eigenvalue weighted by atomic mass is 10.1. The average molecular weight is 281 g/mol. The van der Waals surface area contributed by atoms with Crippen LogP contribution >= 0.6 is 11.6 Å². The minimum Gasteiger partial charge on any atom is -0.355 e. The Morgan fingerprint density at radius 1 is 1.37 bits per heavy atom. The van der Waals surface area contributed by atoms with Gasteiger partial charge < -0.3 is 5.32 Å². The van der Waals surface area contributed by atoms with Crippen molar-refractivity contribution in [2.24, 2.45) is 0 Å². The van der Waals surface area contributed by atoms with Crippen molar-refractivity contribution in [3.05, 3.63) is 28.8 Å². The summed E-state index contributed by atoms with van der Waals surface area (Å²) in [6, 6.07) is 4.80. The molecular formula is C13H13ClN2O3. The van der Waals surface area contributed by atoms with Gasteiger partial charge in [0.15, 0.2) is 0 Å². The topological polar surface area (TPSA) is 66.5 Å². The molecule has 1 N–H and O–H groups in total. The summed E-state index contributed by atoms with van der Waals surface area (Å²) in [5.74, 6) is -1.67. The number of benzene rings is 1. The Kier molecular flexibility index (Phi) is 3.85. The SMILES string of the molecule is CCCNC(=O)CN1C(=O)C(=O)c2c(Cl)cccc21. The van der Waals surface area contributed by atoms with Crippen molar-refractivity contribution in [2.45, 2.75) is 13.3 Å². The molecule has 0 spiro atoms. The predicted molar refractivity (Wildman–Crippen MR) is 71.4 cm³/mol. The molecule has 19 heavy (non-hydrogen) atoms. The van der Waals surface area contributed by atoms with E-state index in [0.717, 1.165) is 11.3 Å². The van der Waals surface area contributed by atoms with E-state index in [2.05, 4.69) is 5.32 Å². The zero-order valence-corrected chi connectivity index (χ0v) is 11.2. The number of Topliss-reactive ketones (excluding diaryl/α,β-unsaturated/α-hetero) is 1. The largest absolute Gasteiger partial charge is 0.355 e.